The number of amides is 1. The van der Waals surface area contributed by atoms with Crippen LogP contribution in [0.5, 0.6) is 5.75 Å². The zero-order valence-electron chi connectivity index (χ0n) is 17.7. The molecule has 2 aromatic carbocycles. The molecule has 2 N–H and O–H groups in total. The maximum atomic E-state index is 13.4. The van der Waals surface area contributed by atoms with Crippen molar-refractivity contribution in [3.05, 3.63) is 71.2 Å². The Morgan fingerprint density at radius 1 is 1.15 bits per heavy atom. The summed E-state index contributed by atoms with van der Waals surface area (Å²) in [5.41, 5.74) is 3.07. The van der Waals surface area contributed by atoms with Crippen molar-refractivity contribution in [1.82, 2.24) is 24.8 Å². The highest BCUT2D eigenvalue weighted by Gasteiger charge is 2.21. The molecule has 0 spiro atoms. The van der Waals surface area contributed by atoms with E-state index in [-0.39, 0.29) is 23.2 Å². The Bertz CT molecular complexity index is 1360. The van der Waals surface area contributed by atoms with Crippen LogP contribution in [0.4, 0.5) is 10.2 Å². The van der Waals surface area contributed by atoms with E-state index in [9.17, 15) is 19.6 Å². The van der Waals surface area contributed by atoms with Crippen LogP contribution in [0.15, 0.2) is 53.7 Å². The molecule has 0 aliphatic rings. The number of carbonyl (C=O) groups is 1. The first-order valence-electron chi connectivity index (χ1n) is 9.77. The standard InChI is InChI=1S/C22H18FN7O2S/c1-13-14(2)29(16-5-3-15(23)4-6-16)21(19(13)11-24)25-20(32)12-33-22-26-27-28-30(22)17-7-9-18(31)10-8-17/h3-10,31H,12H2,1-2H3,(H,25,32). The molecule has 2 aromatic heterocycles. The topological polar surface area (TPSA) is 122 Å². The predicted molar refractivity (Wildman–Crippen MR) is 120 cm³/mol. The lowest BCUT2D eigenvalue weighted by Gasteiger charge is -2.13. The molecule has 9 nitrogen and oxygen atoms in total. The summed E-state index contributed by atoms with van der Waals surface area (Å²) < 4.78 is 16.6. The normalized spacial score (nSPS) is 10.7. The van der Waals surface area contributed by atoms with Crippen LogP contribution >= 0.6 is 11.8 Å². The number of nitrogens with one attached hydrogen (secondary N) is 1. The van der Waals surface area contributed by atoms with Crippen molar-refractivity contribution in [3.8, 4) is 23.2 Å². The van der Waals surface area contributed by atoms with Gasteiger partial charge in [0.25, 0.3) is 0 Å². The number of nitriles is 1. The fourth-order valence-corrected chi connectivity index (χ4v) is 3.99. The number of anilines is 1. The van der Waals surface area contributed by atoms with Crippen molar-refractivity contribution < 1.29 is 14.3 Å². The summed E-state index contributed by atoms with van der Waals surface area (Å²) in [5, 5.41) is 33.9. The molecule has 0 bridgehead atoms. The molecule has 1 amide bonds. The summed E-state index contributed by atoms with van der Waals surface area (Å²) in [5.74, 6) is -0.325. The zero-order valence-corrected chi connectivity index (χ0v) is 18.5. The first kappa shape index (κ1) is 22.0. The van der Waals surface area contributed by atoms with E-state index in [4.69, 9.17) is 0 Å². The zero-order chi connectivity index (χ0) is 23.5. The third-order valence-corrected chi connectivity index (χ3v) is 5.95. The van der Waals surface area contributed by atoms with Crippen molar-refractivity contribution in [3.63, 3.8) is 0 Å². The highest BCUT2D eigenvalue weighted by atomic mass is 32.2. The Kier molecular flexibility index (Phi) is 6.10. The number of benzene rings is 2. The van der Waals surface area contributed by atoms with Gasteiger partial charge in [0.1, 0.15) is 23.5 Å². The van der Waals surface area contributed by atoms with Gasteiger partial charge < -0.3 is 10.4 Å². The van der Waals surface area contributed by atoms with Gasteiger partial charge in [-0.05, 0) is 78.4 Å². The third kappa shape index (κ3) is 4.42. The monoisotopic (exact) mass is 463 g/mol. The lowest BCUT2D eigenvalue weighted by atomic mass is 10.2. The van der Waals surface area contributed by atoms with Crippen LogP contribution in [0, 0.1) is 31.0 Å². The van der Waals surface area contributed by atoms with E-state index >= 15 is 0 Å². The second-order valence-electron chi connectivity index (χ2n) is 7.08. The number of aromatic nitrogens is 5. The fraction of sp³-hybridized carbons (Fsp3) is 0.136. The Labute approximate surface area is 192 Å². The number of hydrogen-bond acceptors (Lipinski definition) is 7. The van der Waals surface area contributed by atoms with E-state index in [1.54, 1.807) is 35.8 Å². The van der Waals surface area contributed by atoms with E-state index in [1.807, 2.05) is 6.92 Å². The number of phenols is 1. The highest BCUT2D eigenvalue weighted by Crippen LogP contribution is 2.30. The van der Waals surface area contributed by atoms with Gasteiger partial charge in [0.15, 0.2) is 0 Å². The number of halogens is 1. The molecule has 11 heteroatoms. The minimum absolute atomic E-state index is 0.0178. The Morgan fingerprint density at radius 3 is 2.48 bits per heavy atom. The molecule has 4 aromatic rings. The number of nitrogens with zero attached hydrogens (tertiary/aromatic N) is 6. The van der Waals surface area contributed by atoms with Crippen molar-refractivity contribution in [1.29, 1.82) is 5.26 Å². The largest absolute Gasteiger partial charge is 0.508 e. The minimum Gasteiger partial charge on any atom is -0.508 e. The molecular weight excluding hydrogens is 445 g/mol. The van der Waals surface area contributed by atoms with Gasteiger partial charge in [-0.1, -0.05) is 11.8 Å². The average molecular weight is 463 g/mol. The number of aromatic hydroxyl groups is 1. The summed E-state index contributed by atoms with van der Waals surface area (Å²) in [7, 11) is 0. The number of tetrazole rings is 1. The lowest BCUT2D eigenvalue weighted by Crippen LogP contribution is -2.18. The SMILES string of the molecule is Cc1c(C#N)c(NC(=O)CSc2nnnn2-c2ccc(O)cc2)n(-c2ccc(F)cc2)c1C. The van der Waals surface area contributed by atoms with E-state index in [0.717, 1.165) is 23.0 Å². The van der Waals surface area contributed by atoms with Crippen LogP contribution in [0.25, 0.3) is 11.4 Å². The van der Waals surface area contributed by atoms with Gasteiger partial charge in [0.2, 0.25) is 11.1 Å². The van der Waals surface area contributed by atoms with Gasteiger partial charge in [-0.3, -0.25) is 9.36 Å². The molecule has 0 aliphatic heterocycles. The smallest absolute Gasteiger partial charge is 0.236 e. The van der Waals surface area contributed by atoms with Crippen LogP contribution in [0.2, 0.25) is 0 Å². The van der Waals surface area contributed by atoms with E-state index in [0.29, 0.717) is 27.9 Å². The second kappa shape index (κ2) is 9.13. The first-order chi connectivity index (χ1) is 15.9. The van der Waals surface area contributed by atoms with Crippen molar-refractivity contribution >= 4 is 23.5 Å². The summed E-state index contributed by atoms with van der Waals surface area (Å²) in [4.78, 5) is 12.8. The van der Waals surface area contributed by atoms with E-state index < -0.39 is 0 Å². The van der Waals surface area contributed by atoms with Crippen molar-refractivity contribution in [2.75, 3.05) is 11.1 Å². The van der Waals surface area contributed by atoms with Gasteiger partial charge in [-0.25, -0.2) is 4.39 Å². The summed E-state index contributed by atoms with van der Waals surface area (Å²) >= 11 is 1.12. The molecule has 0 radical (unpaired) electrons. The molecule has 4 rings (SSSR count). The maximum Gasteiger partial charge on any atom is 0.236 e. The minimum atomic E-state index is -0.380. The lowest BCUT2D eigenvalue weighted by molar-refractivity contribution is -0.113. The van der Waals surface area contributed by atoms with Crippen LogP contribution in [0.1, 0.15) is 16.8 Å². The van der Waals surface area contributed by atoms with Gasteiger partial charge in [0.05, 0.1) is 17.0 Å². The van der Waals surface area contributed by atoms with Gasteiger partial charge in [-0.15, -0.1) is 5.10 Å². The van der Waals surface area contributed by atoms with Crippen molar-refractivity contribution in [2.24, 2.45) is 0 Å². The molecule has 0 aliphatic carbocycles. The third-order valence-electron chi connectivity index (χ3n) is 5.04. The second-order valence-corrected chi connectivity index (χ2v) is 8.03. The molecule has 33 heavy (non-hydrogen) atoms. The van der Waals surface area contributed by atoms with Crippen LogP contribution in [0.3, 0.4) is 0 Å². The molecule has 0 fully saturated rings. The number of rotatable bonds is 6. The Morgan fingerprint density at radius 2 is 1.82 bits per heavy atom. The van der Waals surface area contributed by atoms with Crippen molar-refractivity contribution in [2.45, 2.75) is 19.0 Å². The molecule has 0 saturated carbocycles. The number of thioether (sulfide) groups is 1. The molecule has 0 unspecified atom stereocenters. The molecular formula is C22H18FN7O2S. The molecule has 0 atom stereocenters. The fourth-order valence-electron chi connectivity index (χ4n) is 3.30. The predicted octanol–water partition coefficient (Wildman–Crippen LogP) is 3.52. The first-order valence-corrected chi connectivity index (χ1v) is 10.8. The number of hydrogen-bond donors (Lipinski definition) is 2. The van der Waals surface area contributed by atoms with Gasteiger partial charge in [-0.2, -0.15) is 9.94 Å². The quantitative estimate of drug-likeness (QED) is 0.420. The molecule has 166 valence electrons. The summed E-state index contributed by atoms with van der Waals surface area (Å²) in [6.45, 7) is 3.62. The van der Waals surface area contributed by atoms with Gasteiger partial charge in [0, 0.05) is 11.4 Å². The highest BCUT2D eigenvalue weighted by molar-refractivity contribution is 7.99. The Hall–Kier alpha value is -4.17. The number of carbonyl (C=O) groups excluding carboxylic acids is 1. The maximum absolute atomic E-state index is 13.4. The van der Waals surface area contributed by atoms with E-state index in [2.05, 4.69) is 26.9 Å². The van der Waals surface area contributed by atoms with E-state index in [1.165, 1.54) is 28.9 Å². The van der Waals surface area contributed by atoms with Crippen LogP contribution < -0.4 is 5.32 Å². The van der Waals surface area contributed by atoms with Crippen LogP contribution in [-0.4, -0.2) is 41.5 Å². The average Bonchev–Trinajstić information content (AvgIpc) is 3.36. The van der Waals surface area contributed by atoms with Gasteiger partial charge >= 0.3 is 0 Å². The summed E-state index contributed by atoms with van der Waals surface area (Å²) in [6, 6.07) is 14.3. The number of phenolic OH excluding ortho intramolecular Hbond substituents is 1. The summed E-state index contributed by atoms with van der Waals surface area (Å²) in [6.07, 6.45) is 0. The van der Waals surface area contributed by atoms with Crippen LogP contribution in [-0.2, 0) is 4.79 Å². The Balaban J connectivity index is 1.56. The molecule has 2 heterocycles. The molecule has 0 saturated heterocycles.